The molecule has 0 spiro atoms. The molecule has 17 rings (SSSR count). The lowest BCUT2D eigenvalue weighted by molar-refractivity contribution is 0.0676. The molecule has 20 heteroatoms. The van der Waals surface area contributed by atoms with Gasteiger partial charge in [0.2, 0.25) is 0 Å². The van der Waals surface area contributed by atoms with Crippen molar-refractivity contribution in [2.24, 2.45) is 9.98 Å². The summed E-state index contributed by atoms with van der Waals surface area (Å²) in [7, 11) is 0. The van der Waals surface area contributed by atoms with E-state index in [-0.39, 0.29) is 134 Å². The molecule has 0 atom stereocenters. The molecule has 1 aliphatic carbocycles. The molecule has 2 aliphatic heterocycles. The van der Waals surface area contributed by atoms with E-state index in [4.69, 9.17) is 9.98 Å². The van der Waals surface area contributed by atoms with E-state index in [9.17, 15) is 79.2 Å². The molecule has 2 aromatic heterocycles. The second-order valence-electron chi connectivity index (χ2n) is 28.4. The average molecular weight is 1580 g/mol. The summed E-state index contributed by atoms with van der Waals surface area (Å²) in [4.78, 5) is 133. The van der Waals surface area contributed by atoms with E-state index in [0.29, 0.717) is 44.5 Å². The number of rotatable bonds is 20. The Labute approximate surface area is 681 Å². The van der Waals surface area contributed by atoms with Gasteiger partial charge in [0, 0.05) is 66.8 Å². The fourth-order valence-electron chi connectivity index (χ4n) is 16.2. The molecule has 578 valence electrons. The summed E-state index contributed by atoms with van der Waals surface area (Å²) in [6.45, 7) is 0. The van der Waals surface area contributed by atoms with Gasteiger partial charge in [0.25, 0.3) is 0 Å². The molecule has 12 aromatic carbocycles. The zero-order valence-electron chi connectivity index (χ0n) is 62.8. The maximum atomic E-state index is 14.1. The van der Waals surface area contributed by atoms with E-state index < -0.39 is 92.3 Å². The minimum Gasteiger partial charge on any atom is -0.478 e. The maximum absolute atomic E-state index is 14.1. The number of aromatic amines is 2. The van der Waals surface area contributed by atoms with Gasteiger partial charge in [-0.3, -0.25) is 0 Å². The molecule has 0 saturated heterocycles. The van der Waals surface area contributed by atoms with Crippen molar-refractivity contribution in [2.45, 2.75) is 0 Å². The number of fused-ring (bicyclic) bond motifs is 10. The first-order valence-electron chi connectivity index (χ1n) is 37.5. The van der Waals surface area contributed by atoms with Crippen LogP contribution in [0.15, 0.2) is 337 Å². The Kier molecular flexibility index (Phi) is 19.6. The molecule has 3 aliphatic rings. The highest BCUT2D eigenvalue weighted by molar-refractivity contribution is 6.53. The minimum absolute atomic E-state index is 0.0139. The summed E-state index contributed by atoms with van der Waals surface area (Å²) in [6.07, 6.45) is 0. The third-order valence-corrected chi connectivity index (χ3v) is 21.2. The van der Waals surface area contributed by atoms with Crippen LogP contribution in [0.2, 0.25) is 0 Å². The molecule has 0 amide bonds. The Balaban J connectivity index is 1.31. The fraction of sp³-hybridized carbons (Fsp3) is 0. The van der Waals surface area contributed by atoms with Crippen LogP contribution in [0, 0.1) is 0 Å². The quantitative estimate of drug-likeness (QED) is 0.0339. The lowest BCUT2D eigenvalue weighted by Gasteiger charge is -2.18. The van der Waals surface area contributed by atoms with Crippen LogP contribution in [-0.4, -0.2) is 110 Å². The number of carboxylic acids is 8. The van der Waals surface area contributed by atoms with Crippen LogP contribution in [0.4, 0.5) is 0 Å². The number of aromatic carboxylic acids is 8. The van der Waals surface area contributed by atoms with Gasteiger partial charge in [-0.1, -0.05) is 243 Å². The third kappa shape index (κ3) is 13.8. The third-order valence-electron chi connectivity index (χ3n) is 21.2. The van der Waals surface area contributed by atoms with Gasteiger partial charge >= 0.3 is 47.8 Å². The number of aromatic nitrogens is 2. The van der Waals surface area contributed by atoms with Crippen molar-refractivity contribution < 1.29 is 79.2 Å². The monoisotopic (exact) mass is 1570 g/mol. The molecule has 0 radical (unpaired) electrons. The summed E-state index contributed by atoms with van der Waals surface area (Å²) >= 11 is 0. The number of benzene rings is 12. The van der Waals surface area contributed by atoms with Crippen molar-refractivity contribution in [3.05, 3.63) is 438 Å². The molecular weight excluding hydrogens is 1510 g/mol. The summed E-state index contributed by atoms with van der Waals surface area (Å²) in [5.41, 5.74) is 1.23. The van der Waals surface area contributed by atoms with E-state index in [1.54, 1.807) is 194 Å². The molecule has 0 saturated carbocycles. The van der Waals surface area contributed by atoms with Crippen LogP contribution in [0.5, 0.6) is 0 Å². The highest BCUT2D eigenvalue weighted by Gasteiger charge is 2.41. The Morgan fingerprint density at radius 2 is 0.383 bits per heavy atom. The van der Waals surface area contributed by atoms with Gasteiger partial charge in [-0.2, -0.15) is 0 Å². The van der Waals surface area contributed by atoms with Crippen LogP contribution in [0.1, 0.15) is 139 Å². The predicted octanol–water partition coefficient (Wildman–Crippen LogP) is 18.4. The van der Waals surface area contributed by atoms with Gasteiger partial charge in [-0.05, 0) is 140 Å². The Bertz CT molecular complexity index is 6540. The van der Waals surface area contributed by atoms with E-state index >= 15 is 0 Å². The molecule has 120 heavy (non-hydrogen) atoms. The van der Waals surface area contributed by atoms with Crippen LogP contribution >= 0.6 is 0 Å². The number of aliphatic imine (C=N–C) groups is 2. The first-order valence-corrected chi connectivity index (χ1v) is 37.5. The normalized spacial score (nSPS) is 13.1. The second-order valence-corrected chi connectivity index (χ2v) is 28.4. The van der Waals surface area contributed by atoms with Crippen molar-refractivity contribution in [1.82, 2.24) is 9.97 Å². The number of H-pyrrole nitrogens is 2. The number of carboxylic acid groups (broad SMARTS) is 8. The highest BCUT2D eigenvalue weighted by Crippen LogP contribution is 2.55. The standard InChI is InChI=1S/C100H62N4O16/c105-93(106)65-41-61(42-66(49-65)94(107)108)81-85-73(53-25-9-1-10-26-53)74(54-27-11-2-12-28-54)86(101-85)82(62-43-67(95(109)110)50-68(44-62)96(111)112)88-77(57-33-17-5-18-34-57)78(58-35-19-6-20-36-58)90(103-88)84(64-47-71(99(117)118)52-72(48-64)100(119)120)92-80(60-39-23-8-24-40-60)79(59-37-21-7-22-38-59)91(104-92)83(63-45-69(97(113)114)51-70(46-63)98(115)116)89-76(56-31-15-4-16-32-56)75(87(81)102-89)55-29-13-3-14-30-55/h1-52,101,104H,(H,105,106)(H,107,108)(H,109,110)(H,111,112)(H,113,114)(H,115,116)(H,117,118)(H,119,120). The first-order chi connectivity index (χ1) is 58.2. The molecule has 0 unspecified atom stereocenters. The smallest absolute Gasteiger partial charge is 0.335 e. The molecule has 10 N–H and O–H groups in total. The number of hydrogen-bond donors (Lipinski definition) is 10. The van der Waals surface area contributed by atoms with Crippen molar-refractivity contribution in [3.63, 3.8) is 0 Å². The van der Waals surface area contributed by atoms with Crippen LogP contribution < -0.4 is 10.7 Å². The SMILES string of the molecule is O=C(O)c1cc(C(=O)O)cc(C2=C3N=C(C(c4ccccc4)=C3c3ccccc3)C(c3cc(C(=O)O)cc(C(=O)O)c3)=c3[nH]c(c(-c4ccccc4)c3-c3ccccc3)=C(c3cc(C(=O)O)cc(C(=O)O)c3)C3=NC(=C(c4cc(C(=O)O)cc(C(=O)O)c4)c4[nH]c2c(-c2ccccc2)c4-c2ccccc2)C(c2ccccc2)=C3c2ccccc2)c1. The largest absolute Gasteiger partial charge is 0.478 e. The zero-order chi connectivity index (χ0) is 83.3. The first kappa shape index (κ1) is 75.7. The van der Waals surface area contributed by atoms with Crippen LogP contribution in [0.25, 0.3) is 89.1 Å². The average Bonchev–Trinajstić information content (AvgIpc) is 1.54. The van der Waals surface area contributed by atoms with E-state index in [0.717, 1.165) is 24.3 Å². The van der Waals surface area contributed by atoms with Gasteiger partial charge in [0.05, 0.1) is 89.4 Å². The van der Waals surface area contributed by atoms with Crippen molar-refractivity contribution in [3.8, 4) is 44.5 Å². The number of allylic oxidation sites excluding steroid dienone is 4. The number of carbonyl (C=O) groups is 8. The highest BCUT2D eigenvalue weighted by atomic mass is 16.4. The molecule has 8 bridgehead atoms. The second kappa shape index (κ2) is 31.1. The van der Waals surface area contributed by atoms with E-state index in [2.05, 4.69) is 9.97 Å². The van der Waals surface area contributed by atoms with Gasteiger partial charge in [-0.15, -0.1) is 0 Å². The van der Waals surface area contributed by atoms with Gasteiger partial charge in [0.15, 0.2) is 0 Å². The molecule has 4 heterocycles. The summed E-state index contributed by atoms with van der Waals surface area (Å²) in [5.74, 6) is -12.3. The summed E-state index contributed by atoms with van der Waals surface area (Å²) in [6, 6.07) is 86.0. The topological polar surface area (TPSA) is 355 Å². The van der Waals surface area contributed by atoms with Crippen LogP contribution in [0.3, 0.4) is 0 Å². The molecular formula is C100H62N4O16. The lowest BCUT2D eigenvalue weighted by Crippen LogP contribution is -2.24. The van der Waals surface area contributed by atoms with Crippen molar-refractivity contribution >= 4 is 104 Å². The van der Waals surface area contributed by atoms with Crippen LogP contribution in [-0.2, 0) is 0 Å². The molecule has 0 fully saturated rings. The van der Waals surface area contributed by atoms with Gasteiger partial charge < -0.3 is 50.8 Å². The number of hydrogen-bond acceptors (Lipinski definition) is 10. The summed E-state index contributed by atoms with van der Waals surface area (Å²) < 4.78 is 0. The maximum Gasteiger partial charge on any atom is 0.335 e. The van der Waals surface area contributed by atoms with Crippen molar-refractivity contribution in [1.29, 1.82) is 0 Å². The molecule has 14 aromatic rings. The van der Waals surface area contributed by atoms with Gasteiger partial charge in [0.1, 0.15) is 0 Å². The Morgan fingerprint density at radius 3 is 0.600 bits per heavy atom. The number of nitrogens with one attached hydrogen (secondary N) is 2. The zero-order valence-corrected chi connectivity index (χ0v) is 62.8. The lowest BCUT2D eigenvalue weighted by atomic mass is 9.82. The van der Waals surface area contributed by atoms with Crippen molar-refractivity contribution in [2.75, 3.05) is 0 Å². The Hall–Kier alpha value is -17.0. The molecule has 20 nitrogen and oxygen atoms in total. The number of nitrogens with zero attached hydrogens (tertiary/aromatic N) is 2. The van der Waals surface area contributed by atoms with E-state index in [1.807, 2.05) is 48.5 Å². The van der Waals surface area contributed by atoms with Gasteiger partial charge in [-0.25, -0.2) is 48.3 Å². The fourth-order valence-corrected chi connectivity index (χ4v) is 16.2. The summed E-state index contributed by atoms with van der Waals surface area (Å²) in [5, 5.41) is 91.6. The Morgan fingerprint density at radius 1 is 0.192 bits per heavy atom. The van der Waals surface area contributed by atoms with E-state index in [1.165, 1.54) is 48.5 Å². The predicted molar refractivity (Wildman–Crippen MR) is 455 cm³/mol. The minimum atomic E-state index is -1.54.